The highest BCUT2D eigenvalue weighted by Gasteiger charge is 2.18. The number of fused-ring (bicyclic) bond motifs is 1. The summed E-state index contributed by atoms with van der Waals surface area (Å²) in [6, 6.07) is 5.60. The van der Waals surface area contributed by atoms with Crippen molar-refractivity contribution in [3.8, 4) is 5.75 Å². The van der Waals surface area contributed by atoms with E-state index in [0.29, 0.717) is 12.2 Å². The van der Waals surface area contributed by atoms with Crippen molar-refractivity contribution in [1.82, 2.24) is 4.98 Å². The van der Waals surface area contributed by atoms with E-state index in [1.807, 2.05) is 37.2 Å². The predicted octanol–water partition coefficient (Wildman–Crippen LogP) is 2.49. The van der Waals surface area contributed by atoms with E-state index in [1.165, 1.54) is 0 Å². The van der Waals surface area contributed by atoms with Crippen molar-refractivity contribution in [2.24, 2.45) is 0 Å². The van der Waals surface area contributed by atoms with Crippen LogP contribution in [0.15, 0.2) is 24.4 Å². The number of carbonyl (C=O) groups is 1. The van der Waals surface area contributed by atoms with Gasteiger partial charge in [0, 0.05) is 31.7 Å². The highest BCUT2D eigenvalue weighted by Crippen LogP contribution is 2.30. The van der Waals surface area contributed by atoms with Gasteiger partial charge in [0.25, 0.3) is 0 Å². The largest absolute Gasteiger partial charge is 0.497 e. The molecule has 2 rings (SSSR count). The van der Waals surface area contributed by atoms with Crippen LogP contribution < -0.4 is 9.64 Å². The SMILES string of the molecule is CCOC(=O)c1cnc2cc(OC)ccc2c1N(C)C. The molecule has 0 amide bonds. The first-order chi connectivity index (χ1) is 9.58. The summed E-state index contributed by atoms with van der Waals surface area (Å²) in [5.74, 6) is 0.375. The Labute approximate surface area is 118 Å². The smallest absolute Gasteiger partial charge is 0.341 e. The Morgan fingerprint density at radius 2 is 2.10 bits per heavy atom. The van der Waals surface area contributed by atoms with E-state index < -0.39 is 0 Å². The van der Waals surface area contributed by atoms with Gasteiger partial charge in [0.1, 0.15) is 11.3 Å². The van der Waals surface area contributed by atoms with Crippen LogP contribution in [0.1, 0.15) is 17.3 Å². The van der Waals surface area contributed by atoms with Crippen LogP contribution in [0.2, 0.25) is 0 Å². The monoisotopic (exact) mass is 274 g/mol. The number of nitrogens with zero attached hydrogens (tertiary/aromatic N) is 2. The molecule has 0 saturated carbocycles. The quantitative estimate of drug-likeness (QED) is 0.802. The molecule has 1 heterocycles. The third kappa shape index (κ3) is 2.52. The van der Waals surface area contributed by atoms with E-state index in [1.54, 1.807) is 20.2 Å². The van der Waals surface area contributed by atoms with Gasteiger partial charge in [0.05, 0.1) is 24.9 Å². The van der Waals surface area contributed by atoms with Gasteiger partial charge in [-0.15, -0.1) is 0 Å². The Bertz CT molecular complexity index is 638. The number of aromatic nitrogens is 1. The minimum atomic E-state index is -0.360. The highest BCUT2D eigenvalue weighted by molar-refractivity contribution is 6.05. The second-order valence-corrected chi connectivity index (χ2v) is 4.52. The lowest BCUT2D eigenvalue weighted by Gasteiger charge is -2.19. The van der Waals surface area contributed by atoms with Crippen LogP contribution >= 0.6 is 0 Å². The normalized spacial score (nSPS) is 10.4. The summed E-state index contributed by atoms with van der Waals surface area (Å²) in [6.45, 7) is 2.12. The second kappa shape index (κ2) is 5.77. The summed E-state index contributed by atoms with van der Waals surface area (Å²) in [5, 5.41) is 0.890. The first-order valence-corrected chi connectivity index (χ1v) is 6.39. The van der Waals surface area contributed by atoms with Gasteiger partial charge in [-0.25, -0.2) is 4.79 Å². The number of rotatable bonds is 4. The Morgan fingerprint density at radius 3 is 2.70 bits per heavy atom. The maximum atomic E-state index is 12.0. The molecule has 2 aromatic rings. The van der Waals surface area contributed by atoms with Crippen molar-refractivity contribution in [2.45, 2.75) is 6.92 Å². The summed E-state index contributed by atoms with van der Waals surface area (Å²) < 4.78 is 10.3. The minimum Gasteiger partial charge on any atom is -0.497 e. The summed E-state index contributed by atoms with van der Waals surface area (Å²) in [5.41, 5.74) is 2.05. The molecule has 5 nitrogen and oxygen atoms in total. The van der Waals surface area contributed by atoms with Gasteiger partial charge in [0.2, 0.25) is 0 Å². The molecule has 0 bridgehead atoms. The summed E-state index contributed by atoms with van der Waals surface area (Å²) in [7, 11) is 5.39. The van der Waals surface area contributed by atoms with Gasteiger partial charge >= 0.3 is 5.97 Å². The first kappa shape index (κ1) is 14.1. The zero-order valence-corrected chi connectivity index (χ0v) is 12.1. The topological polar surface area (TPSA) is 51.7 Å². The summed E-state index contributed by atoms with van der Waals surface area (Å²) >= 11 is 0. The molecule has 0 unspecified atom stereocenters. The van der Waals surface area contributed by atoms with Crippen LogP contribution in [-0.2, 0) is 4.74 Å². The van der Waals surface area contributed by atoms with Crippen LogP contribution in [0.25, 0.3) is 10.9 Å². The number of hydrogen-bond acceptors (Lipinski definition) is 5. The lowest BCUT2D eigenvalue weighted by atomic mass is 10.1. The lowest BCUT2D eigenvalue weighted by Crippen LogP contribution is -2.16. The first-order valence-electron chi connectivity index (χ1n) is 6.39. The fourth-order valence-corrected chi connectivity index (χ4v) is 2.13. The van der Waals surface area contributed by atoms with Crippen molar-refractivity contribution in [3.63, 3.8) is 0 Å². The van der Waals surface area contributed by atoms with Crippen LogP contribution in [0.5, 0.6) is 5.75 Å². The molecule has 20 heavy (non-hydrogen) atoms. The molecule has 0 aliphatic rings. The Morgan fingerprint density at radius 1 is 1.35 bits per heavy atom. The van der Waals surface area contributed by atoms with Gasteiger partial charge in [-0.05, 0) is 19.1 Å². The van der Waals surface area contributed by atoms with E-state index in [2.05, 4.69) is 4.98 Å². The standard InChI is InChI=1S/C15H18N2O3/c1-5-20-15(18)12-9-16-13-8-10(19-4)6-7-11(13)14(12)17(2)3/h6-9H,5H2,1-4H3. The average Bonchev–Trinajstić information content (AvgIpc) is 2.45. The number of hydrogen-bond donors (Lipinski definition) is 0. The number of ether oxygens (including phenoxy) is 2. The van der Waals surface area contributed by atoms with Crippen LogP contribution in [0.4, 0.5) is 5.69 Å². The second-order valence-electron chi connectivity index (χ2n) is 4.52. The molecule has 0 spiro atoms. The molecule has 106 valence electrons. The summed E-state index contributed by atoms with van der Waals surface area (Å²) in [6.07, 6.45) is 1.55. The number of methoxy groups -OCH3 is 1. The Kier molecular flexibility index (Phi) is 4.08. The van der Waals surface area contributed by atoms with Crippen LogP contribution in [0, 0.1) is 0 Å². The van der Waals surface area contributed by atoms with Crippen LogP contribution in [-0.4, -0.2) is 38.8 Å². The van der Waals surface area contributed by atoms with E-state index >= 15 is 0 Å². The molecule has 0 aliphatic carbocycles. The zero-order valence-electron chi connectivity index (χ0n) is 12.1. The average molecular weight is 274 g/mol. The van der Waals surface area contributed by atoms with Crippen molar-refractivity contribution >= 4 is 22.6 Å². The van der Waals surface area contributed by atoms with E-state index in [-0.39, 0.29) is 5.97 Å². The molecule has 0 aliphatic heterocycles. The van der Waals surface area contributed by atoms with Gasteiger partial charge in [0.15, 0.2) is 0 Å². The molecular weight excluding hydrogens is 256 g/mol. The zero-order chi connectivity index (χ0) is 14.7. The molecule has 0 N–H and O–H groups in total. The van der Waals surface area contributed by atoms with Crippen molar-refractivity contribution in [1.29, 1.82) is 0 Å². The van der Waals surface area contributed by atoms with E-state index in [9.17, 15) is 4.79 Å². The number of benzene rings is 1. The maximum Gasteiger partial charge on any atom is 0.341 e. The molecule has 1 aromatic heterocycles. The fraction of sp³-hybridized carbons (Fsp3) is 0.333. The molecular formula is C15H18N2O3. The molecule has 1 aromatic carbocycles. The third-order valence-corrected chi connectivity index (χ3v) is 2.99. The van der Waals surface area contributed by atoms with Gasteiger partial charge in [-0.1, -0.05) is 0 Å². The maximum absolute atomic E-state index is 12.0. The molecule has 0 saturated heterocycles. The van der Waals surface area contributed by atoms with Crippen LogP contribution in [0.3, 0.4) is 0 Å². The molecule has 0 radical (unpaired) electrons. The Hall–Kier alpha value is -2.30. The molecule has 5 heteroatoms. The predicted molar refractivity (Wildman–Crippen MR) is 78.6 cm³/mol. The van der Waals surface area contributed by atoms with Gasteiger partial charge < -0.3 is 14.4 Å². The molecule has 0 fully saturated rings. The Balaban J connectivity index is 2.66. The molecule has 0 atom stereocenters. The van der Waals surface area contributed by atoms with E-state index in [4.69, 9.17) is 9.47 Å². The van der Waals surface area contributed by atoms with Crippen molar-refractivity contribution < 1.29 is 14.3 Å². The van der Waals surface area contributed by atoms with Gasteiger partial charge in [-0.2, -0.15) is 0 Å². The third-order valence-electron chi connectivity index (χ3n) is 2.99. The number of carbonyl (C=O) groups excluding carboxylic acids is 1. The van der Waals surface area contributed by atoms with Gasteiger partial charge in [-0.3, -0.25) is 4.98 Å². The lowest BCUT2D eigenvalue weighted by molar-refractivity contribution is 0.0527. The van der Waals surface area contributed by atoms with Crippen molar-refractivity contribution in [2.75, 3.05) is 32.7 Å². The minimum absolute atomic E-state index is 0.340. The van der Waals surface area contributed by atoms with Crippen molar-refractivity contribution in [3.05, 3.63) is 30.0 Å². The number of anilines is 1. The highest BCUT2D eigenvalue weighted by atomic mass is 16.5. The summed E-state index contributed by atoms with van der Waals surface area (Å²) in [4.78, 5) is 18.2. The van der Waals surface area contributed by atoms with E-state index in [0.717, 1.165) is 22.3 Å². The fourth-order valence-electron chi connectivity index (χ4n) is 2.13. The number of pyridine rings is 1. The number of esters is 1.